The van der Waals surface area contributed by atoms with Crippen LogP contribution in [0.2, 0.25) is 0 Å². The van der Waals surface area contributed by atoms with Crippen LogP contribution in [0.3, 0.4) is 0 Å². The molecule has 0 radical (unpaired) electrons. The van der Waals surface area contributed by atoms with Crippen LogP contribution in [-0.4, -0.2) is 43.9 Å². The van der Waals surface area contributed by atoms with E-state index < -0.39 is 24.5 Å². The molecule has 5 atom stereocenters. The molecule has 3 rings (SSSR count). The van der Waals surface area contributed by atoms with Crippen molar-refractivity contribution >= 4 is 33.6 Å². The molecule has 2 aromatic heterocycles. The van der Waals surface area contributed by atoms with Gasteiger partial charge in [0.05, 0.1) is 23.1 Å². The average molecular weight is 425 g/mol. The van der Waals surface area contributed by atoms with E-state index >= 15 is 0 Å². The normalized spacial score (nSPS) is 24.1. The molecule has 1 aliphatic heterocycles. The Bertz CT molecular complexity index is 927. The highest BCUT2D eigenvalue weighted by atomic mass is 32.1. The SMILES string of the molecule is CCC(O)[C@@H]1C[C@@H](C(C)OC(=O)CC(C)C)[C@H](n2c(=O)sc3cnc(N)nc32)O1. The second-order valence-electron chi connectivity index (χ2n) is 7.89. The number of aliphatic hydroxyl groups excluding tert-OH is 1. The Hall–Kier alpha value is -2.04. The molecule has 160 valence electrons. The van der Waals surface area contributed by atoms with Crippen molar-refractivity contribution in [1.29, 1.82) is 0 Å². The second-order valence-corrected chi connectivity index (χ2v) is 8.88. The van der Waals surface area contributed by atoms with E-state index in [1.54, 1.807) is 6.92 Å². The monoisotopic (exact) mass is 424 g/mol. The highest BCUT2D eigenvalue weighted by Crippen LogP contribution is 2.40. The maximum absolute atomic E-state index is 12.7. The number of ether oxygens (including phenoxy) is 2. The quantitative estimate of drug-likeness (QED) is 0.646. The molecule has 3 N–H and O–H groups in total. The molecule has 0 aliphatic carbocycles. The number of fused-ring (bicyclic) bond motifs is 1. The van der Waals surface area contributed by atoms with Gasteiger partial charge in [-0.2, -0.15) is 4.98 Å². The van der Waals surface area contributed by atoms with E-state index in [-0.39, 0.29) is 28.6 Å². The molecule has 0 bridgehead atoms. The van der Waals surface area contributed by atoms with Crippen LogP contribution >= 0.6 is 11.3 Å². The molecule has 0 saturated carbocycles. The summed E-state index contributed by atoms with van der Waals surface area (Å²) in [6.45, 7) is 7.55. The summed E-state index contributed by atoms with van der Waals surface area (Å²) in [6, 6.07) is 0. The van der Waals surface area contributed by atoms with E-state index in [2.05, 4.69) is 9.97 Å². The van der Waals surface area contributed by atoms with Crippen LogP contribution in [0.4, 0.5) is 5.95 Å². The number of carbonyl (C=O) groups is 1. The third-order valence-electron chi connectivity index (χ3n) is 5.16. The molecule has 0 aromatic carbocycles. The predicted molar refractivity (Wildman–Crippen MR) is 109 cm³/mol. The first-order chi connectivity index (χ1) is 13.7. The molecular weight excluding hydrogens is 396 g/mol. The van der Waals surface area contributed by atoms with E-state index in [4.69, 9.17) is 15.2 Å². The van der Waals surface area contributed by atoms with Gasteiger partial charge >= 0.3 is 10.8 Å². The van der Waals surface area contributed by atoms with Crippen molar-refractivity contribution in [3.8, 4) is 0 Å². The van der Waals surface area contributed by atoms with Crippen LogP contribution in [0.5, 0.6) is 0 Å². The van der Waals surface area contributed by atoms with Crippen molar-refractivity contribution < 1.29 is 19.4 Å². The summed E-state index contributed by atoms with van der Waals surface area (Å²) in [5, 5.41) is 10.3. The number of aromatic nitrogens is 3. The van der Waals surface area contributed by atoms with Crippen LogP contribution in [0.15, 0.2) is 11.0 Å². The van der Waals surface area contributed by atoms with Crippen molar-refractivity contribution in [2.24, 2.45) is 11.8 Å². The Morgan fingerprint density at radius 1 is 1.48 bits per heavy atom. The van der Waals surface area contributed by atoms with E-state index in [0.717, 1.165) is 11.3 Å². The second kappa shape index (κ2) is 8.76. The van der Waals surface area contributed by atoms with Gasteiger partial charge in [-0.1, -0.05) is 32.1 Å². The van der Waals surface area contributed by atoms with Crippen LogP contribution in [0.1, 0.15) is 53.2 Å². The van der Waals surface area contributed by atoms with Gasteiger partial charge in [0.15, 0.2) is 5.65 Å². The van der Waals surface area contributed by atoms with Gasteiger partial charge in [-0.15, -0.1) is 0 Å². The summed E-state index contributed by atoms with van der Waals surface area (Å²) in [5.41, 5.74) is 6.11. The number of hydrogen-bond donors (Lipinski definition) is 2. The summed E-state index contributed by atoms with van der Waals surface area (Å²) in [7, 11) is 0. The maximum Gasteiger partial charge on any atom is 0.311 e. The Labute approximate surface area is 172 Å². The lowest BCUT2D eigenvalue weighted by atomic mass is 9.95. The Morgan fingerprint density at radius 2 is 2.21 bits per heavy atom. The summed E-state index contributed by atoms with van der Waals surface area (Å²) < 4.78 is 13.8. The fourth-order valence-electron chi connectivity index (χ4n) is 3.66. The van der Waals surface area contributed by atoms with Crippen molar-refractivity contribution in [1.82, 2.24) is 14.5 Å². The number of esters is 1. The number of nitrogens with two attached hydrogens (primary N) is 1. The summed E-state index contributed by atoms with van der Waals surface area (Å²) in [6.07, 6.45) is 0.423. The molecule has 9 nitrogen and oxygen atoms in total. The predicted octanol–water partition coefficient (Wildman–Crippen LogP) is 2.09. The van der Waals surface area contributed by atoms with E-state index in [1.807, 2.05) is 20.8 Å². The van der Waals surface area contributed by atoms with Gasteiger partial charge in [0.25, 0.3) is 0 Å². The third kappa shape index (κ3) is 4.59. The topological polar surface area (TPSA) is 130 Å². The molecule has 29 heavy (non-hydrogen) atoms. The Balaban J connectivity index is 1.95. The summed E-state index contributed by atoms with van der Waals surface area (Å²) in [4.78, 5) is 32.8. The van der Waals surface area contributed by atoms with Gasteiger partial charge < -0.3 is 20.3 Å². The van der Waals surface area contributed by atoms with E-state index in [9.17, 15) is 14.7 Å². The molecule has 2 unspecified atom stereocenters. The standard InChI is InChI=1S/C19H28N4O5S/c1-5-12(24)13-7-11(10(4)27-15(25)6-9(2)3)17(28-13)23-16-14(29-19(23)26)8-21-18(20)22-16/h8-13,17,24H,5-7H2,1-4H3,(H2,20,21,22)/t10?,11-,12?,13-,17+/m0/s1. The molecule has 0 spiro atoms. The Kier molecular flexibility index (Phi) is 6.55. The molecule has 2 aromatic rings. The first kappa shape index (κ1) is 21.7. The van der Waals surface area contributed by atoms with E-state index in [0.29, 0.717) is 29.6 Å². The molecule has 10 heteroatoms. The van der Waals surface area contributed by atoms with Gasteiger partial charge in [-0.3, -0.25) is 14.2 Å². The number of hydrogen-bond acceptors (Lipinski definition) is 9. The first-order valence-corrected chi connectivity index (χ1v) is 10.7. The van der Waals surface area contributed by atoms with E-state index in [1.165, 1.54) is 10.8 Å². The molecule has 3 heterocycles. The number of aliphatic hydroxyl groups is 1. The van der Waals surface area contributed by atoms with Crippen molar-refractivity contribution in [3.63, 3.8) is 0 Å². The van der Waals surface area contributed by atoms with Gasteiger partial charge in [-0.25, -0.2) is 4.98 Å². The molecule has 1 saturated heterocycles. The van der Waals surface area contributed by atoms with Crippen molar-refractivity contribution in [2.45, 2.75) is 71.5 Å². The first-order valence-electron chi connectivity index (χ1n) is 9.87. The minimum absolute atomic E-state index is 0.0557. The lowest BCUT2D eigenvalue weighted by Gasteiger charge is -2.25. The van der Waals surface area contributed by atoms with Gasteiger partial charge in [0, 0.05) is 12.3 Å². The lowest BCUT2D eigenvalue weighted by Crippen LogP contribution is -2.32. The number of carbonyl (C=O) groups excluding carboxylic acids is 1. The number of anilines is 1. The lowest BCUT2D eigenvalue weighted by molar-refractivity contribution is -0.154. The van der Waals surface area contributed by atoms with Crippen molar-refractivity contribution in [3.05, 3.63) is 15.9 Å². The summed E-state index contributed by atoms with van der Waals surface area (Å²) in [5.74, 6) is -0.368. The van der Waals surface area contributed by atoms with Crippen molar-refractivity contribution in [2.75, 3.05) is 5.73 Å². The van der Waals surface area contributed by atoms with Crippen LogP contribution < -0.4 is 10.6 Å². The molecule has 0 amide bonds. The highest BCUT2D eigenvalue weighted by molar-refractivity contribution is 7.16. The average Bonchev–Trinajstić information content (AvgIpc) is 3.20. The maximum atomic E-state index is 12.7. The fourth-order valence-corrected chi connectivity index (χ4v) is 4.47. The van der Waals surface area contributed by atoms with Crippen LogP contribution in [0, 0.1) is 11.8 Å². The highest BCUT2D eigenvalue weighted by Gasteiger charge is 2.44. The van der Waals surface area contributed by atoms with Crippen LogP contribution in [-0.2, 0) is 14.3 Å². The van der Waals surface area contributed by atoms with Gasteiger partial charge in [-0.05, 0) is 25.7 Å². The third-order valence-corrected chi connectivity index (χ3v) is 6.04. The van der Waals surface area contributed by atoms with Gasteiger partial charge in [0.2, 0.25) is 5.95 Å². The number of nitrogens with zero attached hydrogens (tertiary/aromatic N) is 3. The van der Waals surface area contributed by atoms with Crippen LogP contribution in [0.25, 0.3) is 10.3 Å². The number of rotatable bonds is 7. The molecule has 1 fully saturated rings. The number of nitrogen functional groups attached to an aromatic ring is 1. The zero-order valence-electron chi connectivity index (χ0n) is 17.1. The molecular formula is C19H28N4O5S. The summed E-state index contributed by atoms with van der Waals surface area (Å²) >= 11 is 1.00. The minimum Gasteiger partial charge on any atom is -0.462 e. The number of thiazole rings is 1. The largest absolute Gasteiger partial charge is 0.462 e. The zero-order chi connectivity index (χ0) is 21.3. The fraction of sp³-hybridized carbons (Fsp3) is 0.684. The molecule has 1 aliphatic rings. The Morgan fingerprint density at radius 3 is 2.86 bits per heavy atom. The van der Waals surface area contributed by atoms with Gasteiger partial charge in [0.1, 0.15) is 12.3 Å². The zero-order valence-corrected chi connectivity index (χ0v) is 17.9. The minimum atomic E-state index is -0.724. The smallest absolute Gasteiger partial charge is 0.311 e.